The molecular formula is C12H12BrNO4. The minimum absolute atomic E-state index is 0.204. The predicted octanol–water partition coefficient (Wildman–Crippen LogP) is 1.13. The van der Waals surface area contributed by atoms with Crippen LogP contribution in [-0.2, 0) is 22.4 Å². The largest absolute Gasteiger partial charge is 0.493 e. The van der Waals surface area contributed by atoms with E-state index >= 15 is 0 Å². The summed E-state index contributed by atoms with van der Waals surface area (Å²) in [6, 6.07) is 2.85. The lowest BCUT2D eigenvalue weighted by Gasteiger charge is -2.14. The smallest absolute Gasteiger partial charge is 0.326 e. The highest BCUT2D eigenvalue weighted by atomic mass is 79.9. The Balaban J connectivity index is 2.28. The first-order chi connectivity index (χ1) is 8.61. The number of carbonyl (C=O) groups is 2. The van der Waals surface area contributed by atoms with Gasteiger partial charge < -0.3 is 15.2 Å². The lowest BCUT2D eigenvalue weighted by molar-refractivity contribution is -0.140. The predicted molar refractivity (Wildman–Crippen MR) is 67.7 cm³/mol. The fraction of sp³-hybridized carbons (Fsp3) is 0.333. The van der Waals surface area contributed by atoms with E-state index in [4.69, 9.17) is 9.84 Å². The quantitative estimate of drug-likeness (QED) is 0.799. The van der Waals surface area contributed by atoms with E-state index in [1.165, 1.54) is 0 Å². The van der Waals surface area contributed by atoms with Crippen LogP contribution in [0.2, 0.25) is 0 Å². The van der Waals surface area contributed by atoms with Crippen LogP contribution in [0, 0.1) is 0 Å². The maximum atomic E-state index is 11.0. The third-order valence-corrected chi connectivity index (χ3v) is 3.27. The topological polar surface area (TPSA) is 75.6 Å². The van der Waals surface area contributed by atoms with Gasteiger partial charge in [0.1, 0.15) is 11.8 Å². The highest BCUT2D eigenvalue weighted by Crippen LogP contribution is 2.33. The molecule has 1 heterocycles. The number of ether oxygens (including phenoxy) is 1. The van der Waals surface area contributed by atoms with E-state index in [2.05, 4.69) is 21.2 Å². The van der Waals surface area contributed by atoms with Crippen LogP contribution >= 0.6 is 15.9 Å². The standard InChI is InChI=1S/C12H12BrNO4/c13-9-3-7-1-2-18-11(7)8(4-9)5-10(12(16)17)14-6-15/h3-4,6,10H,1-2,5H2,(H,14,15)(H,16,17). The summed E-state index contributed by atoms with van der Waals surface area (Å²) >= 11 is 3.39. The van der Waals surface area contributed by atoms with Crippen molar-refractivity contribution in [2.24, 2.45) is 0 Å². The van der Waals surface area contributed by atoms with Crippen LogP contribution in [0.15, 0.2) is 16.6 Å². The average molecular weight is 314 g/mol. The maximum absolute atomic E-state index is 11.0. The van der Waals surface area contributed by atoms with Gasteiger partial charge in [0.15, 0.2) is 0 Å². The Morgan fingerprint density at radius 2 is 2.39 bits per heavy atom. The Hall–Kier alpha value is -1.56. The van der Waals surface area contributed by atoms with Gasteiger partial charge in [0.25, 0.3) is 0 Å². The van der Waals surface area contributed by atoms with Crippen molar-refractivity contribution in [3.05, 3.63) is 27.7 Å². The molecule has 0 saturated carbocycles. The molecule has 1 aromatic carbocycles. The van der Waals surface area contributed by atoms with E-state index in [-0.39, 0.29) is 6.42 Å². The molecule has 18 heavy (non-hydrogen) atoms. The number of fused-ring (bicyclic) bond motifs is 1. The number of carbonyl (C=O) groups excluding carboxylic acids is 1. The first-order valence-electron chi connectivity index (χ1n) is 5.48. The maximum Gasteiger partial charge on any atom is 0.326 e. The van der Waals surface area contributed by atoms with Crippen LogP contribution in [-0.4, -0.2) is 30.1 Å². The Kier molecular flexibility index (Phi) is 3.86. The van der Waals surface area contributed by atoms with E-state index in [9.17, 15) is 9.59 Å². The molecule has 0 bridgehead atoms. The average Bonchev–Trinajstić information content (AvgIpc) is 2.76. The van der Waals surface area contributed by atoms with Gasteiger partial charge in [-0.15, -0.1) is 0 Å². The zero-order valence-electron chi connectivity index (χ0n) is 9.48. The number of halogens is 1. The van der Waals surface area contributed by atoms with Crippen molar-refractivity contribution in [2.45, 2.75) is 18.9 Å². The van der Waals surface area contributed by atoms with E-state index in [0.29, 0.717) is 13.0 Å². The molecule has 0 spiro atoms. The lowest BCUT2D eigenvalue weighted by Crippen LogP contribution is -2.37. The van der Waals surface area contributed by atoms with Crippen molar-refractivity contribution in [1.29, 1.82) is 0 Å². The summed E-state index contributed by atoms with van der Waals surface area (Å²) in [7, 11) is 0. The summed E-state index contributed by atoms with van der Waals surface area (Å²) in [6.07, 6.45) is 1.42. The zero-order chi connectivity index (χ0) is 13.1. The third-order valence-electron chi connectivity index (χ3n) is 2.82. The second kappa shape index (κ2) is 5.39. The third kappa shape index (κ3) is 2.64. The van der Waals surface area contributed by atoms with Gasteiger partial charge in [-0.25, -0.2) is 4.79 Å². The molecule has 2 N–H and O–H groups in total. The van der Waals surface area contributed by atoms with Crippen molar-refractivity contribution in [3.63, 3.8) is 0 Å². The number of benzene rings is 1. The molecule has 0 fully saturated rings. The fourth-order valence-corrected chi connectivity index (χ4v) is 2.57. The summed E-state index contributed by atoms with van der Waals surface area (Å²) in [6.45, 7) is 0.609. The summed E-state index contributed by atoms with van der Waals surface area (Å²) in [5, 5.41) is 11.3. The Bertz CT molecular complexity index is 489. The number of amides is 1. The molecule has 1 aliphatic heterocycles. The van der Waals surface area contributed by atoms with Crippen LogP contribution in [0.25, 0.3) is 0 Å². The van der Waals surface area contributed by atoms with Gasteiger partial charge in [0.05, 0.1) is 6.61 Å². The molecule has 0 aromatic heterocycles. The van der Waals surface area contributed by atoms with E-state index in [1.54, 1.807) is 0 Å². The Labute approximate surface area is 112 Å². The van der Waals surface area contributed by atoms with Gasteiger partial charge >= 0.3 is 5.97 Å². The SMILES string of the molecule is O=CNC(Cc1cc(Br)cc2c1OCC2)C(=O)O. The van der Waals surface area contributed by atoms with Crippen molar-refractivity contribution in [3.8, 4) is 5.75 Å². The van der Waals surface area contributed by atoms with Crippen LogP contribution in [0.4, 0.5) is 0 Å². The molecule has 0 radical (unpaired) electrons. The summed E-state index contributed by atoms with van der Waals surface area (Å²) in [4.78, 5) is 21.4. The minimum Gasteiger partial charge on any atom is -0.493 e. The molecule has 0 saturated heterocycles. The molecule has 1 atom stereocenters. The molecule has 96 valence electrons. The van der Waals surface area contributed by atoms with Gasteiger partial charge in [-0.1, -0.05) is 15.9 Å². The molecule has 1 aliphatic rings. The minimum atomic E-state index is -1.06. The highest BCUT2D eigenvalue weighted by Gasteiger charge is 2.23. The van der Waals surface area contributed by atoms with E-state index in [1.807, 2.05) is 12.1 Å². The number of nitrogens with one attached hydrogen (secondary N) is 1. The van der Waals surface area contributed by atoms with Crippen LogP contribution in [0.5, 0.6) is 5.75 Å². The molecule has 1 amide bonds. The normalized spacial score (nSPS) is 14.5. The van der Waals surface area contributed by atoms with E-state index < -0.39 is 12.0 Å². The van der Waals surface area contributed by atoms with Gasteiger partial charge in [-0.2, -0.15) is 0 Å². The first kappa shape index (κ1) is 12.9. The molecule has 2 rings (SSSR count). The van der Waals surface area contributed by atoms with Crippen molar-refractivity contribution in [1.82, 2.24) is 5.32 Å². The summed E-state index contributed by atoms with van der Waals surface area (Å²) in [5.41, 5.74) is 1.85. The number of hydrogen-bond donors (Lipinski definition) is 2. The number of aliphatic carboxylic acids is 1. The first-order valence-corrected chi connectivity index (χ1v) is 6.27. The fourth-order valence-electron chi connectivity index (χ4n) is 2.02. The number of carboxylic acid groups (broad SMARTS) is 1. The van der Waals surface area contributed by atoms with E-state index in [0.717, 1.165) is 27.8 Å². The van der Waals surface area contributed by atoms with Gasteiger partial charge in [0.2, 0.25) is 6.41 Å². The van der Waals surface area contributed by atoms with Crippen molar-refractivity contribution >= 4 is 28.3 Å². The molecule has 5 nitrogen and oxygen atoms in total. The molecule has 6 heteroatoms. The number of rotatable bonds is 5. The Morgan fingerprint density at radius 1 is 1.61 bits per heavy atom. The van der Waals surface area contributed by atoms with Crippen molar-refractivity contribution in [2.75, 3.05) is 6.61 Å². The van der Waals surface area contributed by atoms with Crippen LogP contribution < -0.4 is 10.1 Å². The molecule has 0 aliphatic carbocycles. The zero-order valence-corrected chi connectivity index (χ0v) is 11.1. The van der Waals surface area contributed by atoms with Gasteiger partial charge in [-0.05, 0) is 23.3 Å². The van der Waals surface area contributed by atoms with Crippen LogP contribution in [0.3, 0.4) is 0 Å². The number of carboxylic acids is 1. The Morgan fingerprint density at radius 3 is 3.06 bits per heavy atom. The second-order valence-electron chi connectivity index (χ2n) is 4.03. The monoisotopic (exact) mass is 313 g/mol. The summed E-state index contributed by atoms with van der Waals surface area (Å²) < 4.78 is 6.40. The summed E-state index contributed by atoms with van der Waals surface area (Å²) in [5.74, 6) is -0.314. The molecule has 1 unspecified atom stereocenters. The van der Waals surface area contributed by atoms with Gasteiger partial charge in [0, 0.05) is 17.3 Å². The second-order valence-corrected chi connectivity index (χ2v) is 4.95. The molecule has 1 aromatic rings. The van der Waals surface area contributed by atoms with Gasteiger partial charge in [-0.3, -0.25) is 4.79 Å². The lowest BCUT2D eigenvalue weighted by atomic mass is 10.0. The highest BCUT2D eigenvalue weighted by molar-refractivity contribution is 9.10. The number of hydrogen-bond acceptors (Lipinski definition) is 3. The van der Waals surface area contributed by atoms with Crippen molar-refractivity contribution < 1.29 is 19.4 Å². The molecular weight excluding hydrogens is 302 g/mol. The van der Waals surface area contributed by atoms with Crippen LogP contribution in [0.1, 0.15) is 11.1 Å².